The first kappa shape index (κ1) is 15.9. The van der Waals surface area contributed by atoms with Crippen LogP contribution in [0.3, 0.4) is 0 Å². The Morgan fingerprint density at radius 1 is 1.19 bits per heavy atom. The fourth-order valence-electron chi connectivity index (χ4n) is 3.33. The van der Waals surface area contributed by atoms with Crippen LogP contribution in [0.1, 0.15) is 56.8 Å². The minimum atomic E-state index is 0.00164. The number of rotatable bonds is 5. The van der Waals surface area contributed by atoms with Crippen molar-refractivity contribution in [3.05, 3.63) is 29.8 Å². The van der Waals surface area contributed by atoms with Gasteiger partial charge in [-0.2, -0.15) is 0 Å². The highest BCUT2D eigenvalue weighted by Gasteiger charge is 2.27. The Labute approximate surface area is 128 Å². The lowest BCUT2D eigenvalue weighted by Crippen LogP contribution is -2.35. The summed E-state index contributed by atoms with van der Waals surface area (Å²) in [5.74, 6) is 1.47. The molecule has 0 heterocycles. The Hall–Kier alpha value is -1.51. The smallest absolute Gasteiger partial charge is 0.251 e. The average Bonchev–Trinajstić information content (AvgIpc) is 2.48. The summed E-state index contributed by atoms with van der Waals surface area (Å²) >= 11 is 0. The summed E-state index contributed by atoms with van der Waals surface area (Å²) in [5, 5.41) is 6.50. The minimum absolute atomic E-state index is 0.00164. The fourth-order valence-corrected chi connectivity index (χ4v) is 3.33. The van der Waals surface area contributed by atoms with Crippen LogP contribution in [0, 0.1) is 11.8 Å². The molecule has 1 amide bonds. The van der Waals surface area contributed by atoms with Gasteiger partial charge in [-0.1, -0.05) is 26.7 Å². The maximum absolute atomic E-state index is 11.8. The maximum Gasteiger partial charge on any atom is 0.251 e. The SMILES string of the molecule is CCNC(=O)c1ccc(NC2CCCCC2C(C)C)cc1. The van der Waals surface area contributed by atoms with Crippen molar-refractivity contribution in [2.45, 2.75) is 52.5 Å². The average molecular weight is 288 g/mol. The molecule has 1 aromatic carbocycles. The van der Waals surface area contributed by atoms with Crippen LogP contribution in [0.4, 0.5) is 5.69 Å². The molecule has 1 aliphatic rings. The zero-order valence-electron chi connectivity index (χ0n) is 13.5. The number of hydrogen-bond donors (Lipinski definition) is 2. The molecule has 2 unspecified atom stereocenters. The highest BCUT2D eigenvalue weighted by atomic mass is 16.1. The van der Waals surface area contributed by atoms with Crippen LogP contribution in [-0.2, 0) is 0 Å². The van der Waals surface area contributed by atoms with Crippen molar-refractivity contribution in [1.82, 2.24) is 5.32 Å². The number of carbonyl (C=O) groups is 1. The molecule has 0 aliphatic heterocycles. The van der Waals surface area contributed by atoms with Crippen molar-refractivity contribution in [3.63, 3.8) is 0 Å². The van der Waals surface area contributed by atoms with Crippen LogP contribution in [0.2, 0.25) is 0 Å². The molecule has 0 aromatic heterocycles. The van der Waals surface area contributed by atoms with E-state index in [9.17, 15) is 4.79 Å². The quantitative estimate of drug-likeness (QED) is 0.857. The van der Waals surface area contributed by atoms with Crippen molar-refractivity contribution in [2.75, 3.05) is 11.9 Å². The largest absolute Gasteiger partial charge is 0.382 e. The predicted molar refractivity (Wildman–Crippen MR) is 88.7 cm³/mol. The third-order valence-electron chi connectivity index (χ3n) is 4.51. The monoisotopic (exact) mass is 288 g/mol. The summed E-state index contributed by atoms with van der Waals surface area (Å²) < 4.78 is 0. The topological polar surface area (TPSA) is 41.1 Å². The van der Waals surface area contributed by atoms with Gasteiger partial charge in [0.2, 0.25) is 0 Å². The molecule has 2 rings (SSSR count). The van der Waals surface area contributed by atoms with Gasteiger partial charge in [-0.25, -0.2) is 0 Å². The van der Waals surface area contributed by atoms with Crippen molar-refractivity contribution in [2.24, 2.45) is 11.8 Å². The molecular formula is C18H28N2O. The standard InChI is InChI=1S/C18H28N2O/c1-4-19-18(21)14-9-11-15(12-10-14)20-17-8-6-5-7-16(17)13(2)3/h9-13,16-17,20H,4-8H2,1-3H3,(H,19,21). The van der Waals surface area contributed by atoms with E-state index in [-0.39, 0.29) is 5.91 Å². The second kappa shape index (κ2) is 7.48. The zero-order chi connectivity index (χ0) is 15.2. The van der Waals surface area contributed by atoms with E-state index in [1.165, 1.54) is 25.7 Å². The van der Waals surface area contributed by atoms with Gasteiger partial charge in [0.05, 0.1) is 0 Å². The minimum Gasteiger partial charge on any atom is -0.382 e. The number of hydrogen-bond acceptors (Lipinski definition) is 2. The van der Waals surface area contributed by atoms with Crippen molar-refractivity contribution in [1.29, 1.82) is 0 Å². The second-order valence-corrected chi connectivity index (χ2v) is 6.38. The number of carbonyl (C=O) groups excluding carboxylic acids is 1. The normalized spacial score (nSPS) is 22.1. The molecule has 0 bridgehead atoms. The Morgan fingerprint density at radius 2 is 1.86 bits per heavy atom. The molecule has 1 fully saturated rings. The van der Waals surface area contributed by atoms with Crippen LogP contribution in [0.25, 0.3) is 0 Å². The summed E-state index contributed by atoms with van der Waals surface area (Å²) in [6.45, 7) is 7.24. The molecule has 2 atom stereocenters. The van der Waals surface area contributed by atoms with Crippen LogP contribution < -0.4 is 10.6 Å². The fraction of sp³-hybridized carbons (Fsp3) is 0.611. The zero-order valence-corrected chi connectivity index (χ0v) is 13.5. The number of nitrogens with one attached hydrogen (secondary N) is 2. The lowest BCUT2D eigenvalue weighted by Gasteiger charge is -2.35. The van der Waals surface area contributed by atoms with E-state index in [2.05, 4.69) is 24.5 Å². The summed E-state index contributed by atoms with van der Waals surface area (Å²) in [4.78, 5) is 11.8. The Kier molecular flexibility index (Phi) is 5.66. The number of amides is 1. The van der Waals surface area contributed by atoms with Crippen LogP contribution in [0.15, 0.2) is 24.3 Å². The van der Waals surface area contributed by atoms with E-state index in [4.69, 9.17) is 0 Å². The first-order valence-corrected chi connectivity index (χ1v) is 8.26. The van der Waals surface area contributed by atoms with Gasteiger partial charge in [0.25, 0.3) is 5.91 Å². The predicted octanol–water partition coefficient (Wildman–Crippen LogP) is 4.06. The Balaban J connectivity index is 2.00. The lowest BCUT2D eigenvalue weighted by atomic mass is 9.78. The van der Waals surface area contributed by atoms with Gasteiger partial charge in [0, 0.05) is 23.8 Å². The molecule has 3 nitrogen and oxygen atoms in total. The molecule has 21 heavy (non-hydrogen) atoms. The summed E-state index contributed by atoms with van der Waals surface area (Å²) in [6.07, 6.45) is 5.25. The third-order valence-corrected chi connectivity index (χ3v) is 4.51. The highest BCUT2D eigenvalue weighted by molar-refractivity contribution is 5.94. The molecule has 116 valence electrons. The van der Waals surface area contributed by atoms with E-state index >= 15 is 0 Å². The lowest BCUT2D eigenvalue weighted by molar-refractivity contribution is 0.0956. The summed E-state index contributed by atoms with van der Waals surface area (Å²) in [5.41, 5.74) is 1.85. The molecule has 3 heteroatoms. The molecule has 2 N–H and O–H groups in total. The van der Waals surface area contributed by atoms with Crippen molar-refractivity contribution < 1.29 is 4.79 Å². The second-order valence-electron chi connectivity index (χ2n) is 6.38. The van der Waals surface area contributed by atoms with Crippen LogP contribution >= 0.6 is 0 Å². The van der Waals surface area contributed by atoms with Gasteiger partial charge in [-0.3, -0.25) is 4.79 Å². The molecular weight excluding hydrogens is 260 g/mol. The maximum atomic E-state index is 11.8. The molecule has 1 aromatic rings. The number of anilines is 1. The molecule has 0 saturated heterocycles. The van der Waals surface area contributed by atoms with Gasteiger partial charge in [-0.15, -0.1) is 0 Å². The third kappa shape index (κ3) is 4.23. The van der Waals surface area contributed by atoms with Gasteiger partial charge in [0.15, 0.2) is 0 Å². The molecule has 1 aliphatic carbocycles. The summed E-state index contributed by atoms with van der Waals surface area (Å²) in [7, 11) is 0. The van der Waals surface area contributed by atoms with E-state index in [1.54, 1.807) is 0 Å². The van der Waals surface area contributed by atoms with Crippen LogP contribution in [-0.4, -0.2) is 18.5 Å². The number of benzene rings is 1. The highest BCUT2D eigenvalue weighted by Crippen LogP contribution is 2.32. The van der Waals surface area contributed by atoms with E-state index in [1.807, 2.05) is 31.2 Å². The van der Waals surface area contributed by atoms with Gasteiger partial charge in [-0.05, 0) is 55.9 Å². The van der Waals surface area contributed by atoms with Crippen LogP contribution in [0.5, 0.6) is 0 Å². The Bertz CT molecular complexity index is 453. The van der Waals surface area contributed by atoms with E-state index in [0.29, 0.717) is 12.6 Å². The van der Waals surface area contributed by atoms with Crippen molar-refractivity contribution in [3.8, 4) is 0 Å². The summed E-state index contributed by atoms with van der Waals surface area (Å²) in [6, 6.07) is 8.42. The van der Waals surface area contributed by atoms with Crippen molar-refractivity contribution >= 4 is 11.6 Å². The van der Waals surface area contributed by atoms with Gasteiger partial charge >= 0.3 is 0 Å². The van der Waals surface area contributed by atoms with E-state index in [0.717, 1.165) is 23.1 Å². The first-order valence-electron chi connectivity index (χ1n) is 8.26. The Morgan fingerprint density at radius 3 is 2.48 bits per heavy atom. The van der Waals surface area contributed by atoms with E-state index < -0.39 is 0 Å². The molecule has 1 saturated carbocycles. The molecule has 0 radical (unpaired) electrons. The first-order chi connectivity index (χ1) is 10.1. The van der Waals surface area contributed by atoms with Gasteiger partial charge < -0.3 is 10.6 Å². The van der Waals surface area contributed by atoms with Gasteiger partial charge in [0.1, 0.15) is 0 Å². The molecule has 0 spiro atoms.